The first-order chi connectivity index (χ1) is 14.3. The highest BCUT2D eigenvalue weighted by Gasteiger charge is 2.27. The fraction of sp³-hybridized carbons (Fsp3) is 0.143. The predicted octanol–water partition coefficient (Wildman–Crippen LogP) is 4.19. The molecule has 2 aromatic heterocycles. The van der Waals surface area contributed by atoms with Crippen LogP contribution in [-0.4, -0.2) is 28.0 Å². The summed E-state index contributed by atoms with van der Waals surface area (Å²) >= 11 is 6.25. The molecule has 0 radical (unpaired) electrons. The Balaban J connectivity index is 1.64. The van der Waals surface area contributed by atoms with Crippen LogP contribution in [0.25, 0.3) is 5.69 Å². The van der Waals surface area contributed by atoms with Gasteiger partial charge in [0.2, 0.25) is 0 Å². The maximum atomic E-state index is 13.1. The molecule has 7 nitrogen and oxygen atoms in total. The summed E-state index contributed by atoms with van der Waals surface area (Å²) in [6, 6.07) is 19.1. The maximum Gasteiger partial charge on any atom is 0.266 e. The predicted molar refractivity (Wildman–Crippen MR) is 117 cm³/mol. The van der Waals surface area contributed by atoms with Crippen LogP contribution in [0.4, 0.5) is 5.82 Å². The zero-order valence-corrected chi connectivity index (χ0v) is 18.0. The fourth-order valence-electron chi connectivity index (χ4n) is 3.33. The van der Waals surface area contributed by atoms with Crippen molar-refractivity contribution in [2.45, 2.75) is 25.3 Å². The van der Waals surface area contributed by atoms with Crippen molar-refractivity contribution in [2.24, 2.45) is 0 Å². The van der Waals surface area contributed by atoms with Gasteiger partial charge in [-0.1, -0.05) is 60.1 Å². The van der Waals surface area contributed by atoms with Gasteiger partial charge in [0.25, 0.3) is 10.0 Å². The summed E-state index contributed by atoms with van der Waals surface area (Å²) < 4.78 is 32.0. The van der Waals surface area contributed by atoms with Gasteiger partial charge in [0.15, 0.2) is 5.82 Å². The SMILES string of the molecule is Cc1nn(-c2ccccc2)c(C)c1S(=O)(=O)Nc1nn(Cc2ccccc2)cc1Cl. The monoisotopic (exact) mass is 441 g/mol. The van der Waals surface area contributed by atoms with Crippen molar-refractivity contribution < 1.29 is 8.42 Å². The Labute approximate surface area is 180 Å². The van der Waals surface area contributed by atoms with Crippen molar-refractivity contribution in [3.8, 4) is 5.69 Å². The molecule has 9 heteroatoms. The molecule has 0 bridgehead atoms. The standard InChI is InChI=1S/C21H20ClN5O2S/c1-15-20(16(2)27(23-15)18-11-7-4-8-12-18)30(28,29)25-21-19(22)14-26(24-21)13-17-9-5-3-6-10-17/h3-12,14H,13H2,1-2H3,(H,24,25). The van der Waals surface area contributed by atoms with Crippen LogP contribution < -0.4 is 4.72 Å². The molecule has 4 aromatic rings. The van der Waals surface area contributed by atoms with E-state index in [1.807, 2.05) is 60.7 Å². The maximum absolute atomic E-state index is 13.1. The number of hydrogen-bond donors (Lipinski definition) is 1. The van der Waals surface area contributed by atoms with Crippen molar-refractivity contribution in [2.75, 3.05) is 4.72 Å². The molecule has 0 aliphatic carbocycles. The molecule has 0 unspecified atom stereocenters. The molecule has 0 aliphatic rings. The average Bonchev–Trinajstić information content (AvgIpc) is 3.21. The number of hydrogen-bond acceptors (Lipinski definition) is 4. The number of aryl methyl sites for hydroxylation is 1. The Morgan fingerprint density at radius 2 is 1.60 bits per heavy atom. The van der Waals surface area contributed by atoms with E-state index in [4.69, 9.17) is 11.6 Å². The summed E-state index contributed by atoms with van der Waals surface area (Å²) in [5, 5.41) is 8.94. The second kappa shape index (κ2) is 7.97. The largest absolute Gasteiger partial charge is 0.266 e. The van der Waals surface area contributed by atoms with Crippen LogP contribution in [0.1, 0.15) is 17.0 Å². The normalized spacial score (nSPS) is 11.6. The number of para-hydroxylation sites is 1. The lowest BCUT2D eigenvalue weighted by atomic mass is 10.2. The highest BCUT2D eigenvalue weighted by Crippen LogP contribution is 2.27. The third-order valence-electron chi connectivity index (χ3n) is 4.63. The van der Waals surface area contributed by atoms with Gasteiger partial charge >= 0.3 is 0 Å². The smallest absolute Gasteiger partial charge is 0.265 e. The average molecular weight is 442 g/mol. The first-order valence-corrected chi connectivity index (χ1v) is 11.1. The number of rotatable bonds is 6. The fourth-order valence-corrected chi connectivity index (χ4v) is 5.00. The molecule has 0 amide bonds. The molecule has 2 aromatic carbocycles. The molecule has 0 saturated carbocycles. The van der Waals surface area contributed by atoms with Crippen LogP contribution >= 0.6 is 11.6 Å². The lowest BCUT2D eigenvalue weighted by Gasteiger charge is -2.08. The summed E-state index contributed by atoms with van der Waals surface area (Å²) in [7, 11) is -3.94. The number of aromatic nitrogens is 4. The van der Waals surface area contributed by atoms with Crippen molar-refractivity contribution in [3.63, 3.8) is 0 Å². The Morgan fingerprint density at radius 3 is 2.27 bits per heavy atom. The summed E-state index contributed by atoms with van der Waals surface area (Å²) in [6.45, 7) is 3.86. The Morgan fingerprint density at radius 1 is 0.967 bits per heavy atom. The van der Waals surface area contributed by atoms with Gasteiger partial charge in [-0.25, -0.2) is 13.1 Å². The van der Waals surface area contributed by atoms with Gasteiger partial charge in [0, 0.05) is 6.20 Å². The molecule has 0 fully saturated rings. The Kier molecular flexibility index (Phi) is 5.36. The van der Waals surface area contributed by atoms with Crippen molar-refractivity contribution in [3.05, 3.63) is 88.8 Å². The van der Waals surface area contributed by atoms with Crippen LogP contribution in [0.15, 0.2) is 71.8 Å². The number of nitrogens with one attached hydrogen (secondary N) is 1. The third kappa shape index (κ3) is 3.96. The molecule has 30 heavy (non-hydrogen) atoms. The van der Waals surface area contributed by atoms with Crippen LogP contribution in [0, 0.1) is 13.8 Å². The van der Waals surface area contributed by atoms with Gasteiger partial charge in [-0.3, -0.25) is 9.40 Å². The van der Waals surface area contributed by atoms with Gasteiger partial charge in [0.05, 0.1) is 23.6 Å². The third-order valence-corrected chi connectivity index (χ3v) is 6.50. The second-order valence-electron chi connectivity index (χ2n) is 6.86. The van der Waals surface area contributed by atoms with Gasteiger partial charge < -0.3 is 0 Å². The van der Waals surface area contributed by atoms with Gasteiger partial charge in [-0.05, 0) is 31.5 Å². The van der Waals surface area contributed by atoms with E-state index in [0.29, 0.717) is 17.9 Å². The molecular formula is C21H20ClN5O2S. The number of benzene rings is 2. The summed E-state index contributed by atoms with van der Waals surface area (Å²) in [6.07, 6.45) is 1.60. The quantitative estimate of drug-likeness (QED) is 0.486. The summed E-state index contributed by atoms with van der Waals surface area (Å²) in [5.41, 5.74) is 2.71. The van der Waals surface area contributed by atoms with E-state index in [1.165, 1.54) is 0 Å². The van der Waals surface area contributed by atoms with E-state index < -0.39 is 10.0 Å². The molecule has 4 rings (SSSR count). The van der Waals surface area contributed by atoms with E-state index in [0.717, 1.165) is 11.3 Å². The van der Waals surface area contributed by atoms with Crippen molar-refractivity contribution in [1.82, 2.24) is 19.6 Å². The molecule has 0 spiro atoms. The lowest BCUT2D eigenvalue weighted by molar-refractivity contribution is 0.599. The zero-order valence-electron chi connectivity index (χ0n) is 16.4. The van der Waals surface area contributed by atoms with E-state index in [2.05, 4.69) is 14.9 Å². The highest BCUT2D eigenvalue weighted by molar-refractivity contribution is 7.92. The minimum atomic E-state index is -3.94. The van der Waals surface area contributed by atoms with Crippen molar-refractivity contribution >= 4 is 27.4 Å². The van der Waals surface area contributed by atoms with Gasteiger partial charge in [0.1, 0.15) is 9.92 Å². The minimum absolute atomic E-state index is 0.0823. The van der Waals surface area contributed by atoms with Crippen LogP contribution in [-0.2, 0) is 16.6 Å². The number of halogens is 1. The van der Waals surface area contributed by atoms with Crippen molar-refractivity contribution in [1.29, 1.82) is 0 Å². The van der Waals surface area contributed by atoms with E-state index >= 15 is 0 Å². The minimum Gasteiger partial charge on any atom is -0.265 e. The number of sulfonamides is 1. The molecule has 0 saturated heterocycles. The molecule has 154 valence electrons. The van der Waals surface area contributed by atoms with Gasteiger partial charge in [-0.15, -0.1) is 0 Å². The molecule has 0 aliphatic heterocycles. The number of nitrogens with zero attached hydrogens (tertiary/aromatic N) is 4. The Hall–Kier alpha value is -3.10. The van der Waals surface area contributed by atoms with Crippen LogP contribution in [0.5, 0.6) is 0 Å². The molecule has 2 heterocycles. The van der Waals surface area contributed by atoms with E-state index in [1.54, 1.807) is 29.4 Å². The topological polar surface area (TPSA) is 81.8 Å². The molecule has 0 atom stereocenters. The highest BCUT2D eigenvalue weighted by atomic mass is 35.5. The summed E-state index contributed by atoms with van der Waals surface area (Å²) in [4.78, 5) is 0.111. The van der Waals surface area contributed by atoms with Crippen LogP contribution in [0.2, 0.25) is 5.02 Å². The number of anilines is 1. The lowest BCUT2D eigenvalue weighted by Crippen LogP contribution is -2.16. The van der Waals surface area contributed by atoms with E-state index in [-0.39, 0.29) is 15.7 Å². The van der Waals surface area contributed by atoms with E-state index in [9.17, 15) is 8.42 Å². The Bertz CT molecular complexity index is 1280. The zero-order chi connectivity index (χ0) is 21.3. The molecule has 1 N–H and O–H groups in total. The summed E-state index contributed by atoms with van der Waals surface area (Å²) in [5.74, 6) is 0.0823. The second-order valence-corrected chi connectivity index (χ2v) is 8.89. The first-order valence-electron chi connectivity index (χ1n) is 9.26. The molecular weight excluding hydrogens is 422 g/mol. The first kappa shape index (κ1) is 20.2. The van der Waals surface area contributed by atoms with Crippen LogP contribution in [0.3, 0.4) is 0 Å². The van der Waals surface area contributed by atoms with Gasteiger partial charge in [-0.2, -0.15) is 10.2 Å².